The van der Waals surface area contributed by atoms with Gasteiger partial charge in [0.05, 0.1) is 11.9 Å². The maximum atomic E-state index is 13.7. The molecule has 8 heteroatoms. The van der Waals surface area contributed by atoms with Gasteiger partial charge in [-0.1, -0.05) is 68.3 Å². The molecule has 2 aromatic carbocycles. The standard InChI is InChI=1S/C27H39N3O4S/c1-7-9-17-28-27(32)24(8-2)29(18-23-15-13-20(3)14-16-23)25(31)19-30(35(6,33)34)26-21(4)11-10-12-22(26)5/h10-16,24H,7-9,17-19H2,1-6H3,(H,28,32)/t24-/m1/s1. The first-order valence-electron chi connectivity index (χ1n) is 12.2. The van der Waals surface area contributed by atoms with Crippen LogP contribution in [0.3, 0.4) is 0 Å². The Morgan fingerprint density at radius 2 is 1.57 bits per heavy atom. The van der Waals surface area contributed by atoms with Gasteiger partial charge in [-0.2, -0.15) is 0 Å². The fourth-order valence-corrected chi connectivity index (χ4v) is 5.06. The fraction of sp³-hybridized carbons (Fsp3) is 0.481. The number of carbonyl (C=O) groups is 2. The maximum Gasteiger partial charge on any atom is 0.244 e. The summed E-state index contributed by atoms with van der Waals surface area (Å²) in [5, 5.41) is 2.93. The van der Waals surface area contributed by atoms with Gasteiger partial charge in [-0.3, -0.25) is 13.9 Å². The van der Waals surface area contributed by atoms with Gasteiger partial charge in [0, 0.05) is 13.1 Å². The molecule has 192 valence electrons. The summed E-state index contributed by atoms with van der Waals surface area (Å²) in [4.78, 5) is 28.3. The third-order valence-corrected chi connectivity index (χ3v) is 7.17. The smallest absolute Gasteiger partial charge is 0.244 e. The van der Waals surface area contributed by atoms with E-state index in [1.807, 2.05) is 77.1 Å². The lowest BCUT2D eigenvalue weighted by Crippen LogP contribution is -2.52. The SMILES string of the molecule is CCCCNC(=O)[C@@H](CC)N(Cc1ccc(C)cc1)C(=O)CN(c1c(C)cccc1C)S(C)(=O)=O. The van der Waals surface area contributed by atoms with Crippen molar-refractivity contribution in [1.82, 2.24) is 10.2 Å². The normalized spacial score (nSPS) is 12.2. The van der Waals surface area contributed by atoms with Gasteiger partial charge in [-0.05, 0) is 50.3 Å². The minimum atomic E-state index is -3.75. The van der Waals surface area contributed by atoms with Crippen molar-refractivity contribution in [2.45, 2.75) is 66.5 Å². The average Bonchev–Trinajstić information content (AvgIpc) is 2.78. The van der Waals surface area contributed by atoms with Crippen LogP contribution in [0.15, 0.2) is 42.5 Å². The summed E-state index contributed by atoms with van der Waals surface area (Å²) in [6.07, 6.45) is 3.31. The number of carbonyl (C=O) groups excluding carboxylic acids is 2. The number of hydrogen-bond acceptors (Lipinski definition) is 4. The Morgan fingerprint density at radius 1 is 0.971 bits per heavy atom. The van der Waals surface area contributed by atoms with E-state index < -0.39 is 22.0 Å². The van der Waals surface area contributed by atoms with Gasteiger partial charge in [-0.15, -0.1) is 0 Å². The largest absolute Gasteiger partial charge is 0.354 e. The lowest BCUT2D eigenvalue weighted by atomic mass is 10.1. The van der Waals surface area contributed by atoms with Gasteiger partial charge >= 0.3 is 0 Å². The van der Waals surface area contributed by atoms with Crippen molar-refractivity contribution in [2.24, 2.45) is 0 Å². The molecule has 0 heterocycles. The molecule has 0 saturated carbocycles. The van der Waals surface area contributed by atoms with Crippen molar-refractivity contribution >= 4 is 27.5 Å². The zero-order valence-electron chi connectivity index (χ0n) is 21.8. The van der Waals surface area contributed by atoms with Crippen LogP contribution in [0.1, 0.15) is 55.4 Å². The second-order valence-electron chi connectivity index (χ2n) is 9.09. The predicted molar refractivity (Wildman–Crippen MR) is 142 cm³/mol. The zero-order chi connectivity index (χ0) is 26.2. The van der Waals surface area contributed by atoms with Crippen LogP contribution in [0, 0.1) is 20.8 Å². The molecule has 2 amide bonds. The van der Waals surface area contributed by atoms with Crippen LogP contribution >= 0.6 is 0 Å². The first-order valence-corrected chi connectivity index (χ1v) is 14.0. The van der Waals surface area contributed by atoms with Crippen LogP contribution in [0.4, 0.5) is 5.69 Å². The second kappa shape index (κ2) is 12.7. The summed E-state index contributed by atoms with van der Waals surface area (Å²) in [7, 11) is -3.75. The number of amides is 2. The molecule has 7 nitrogen and oxygen atoms in total. The third-order valence-electron chi connectivity index (χ3n) is 6.06. The van der Waals surface area contributed by atoms with Gasteiger partial charge in [0.1, 0.15) is 12.6 Å². The molecule has 1 N–H and O–H groups in total. The van der Waals surface area contributed by atoms with Crippen LogP contribution in [0.2, 0.25) is 0 Å². The highest BCUT2D eigenvalue weighted by Crippen LogP contribution is 2.27. The van der Waals surface area contributed by atoms with E-state index >= 15 is 0 Å². The Balaban J connectivity index is 2.45. The quantitative estimate of drug-likeness (QED) is 0.444. The second-order valence-corrected chi connectivity index (χ2v) is 11.0. The number of unbranched alkanes of at least 4 members (excludes halogenated alkanes) is 1. The summed E-state index contributed by atoms with van der Waals surface area (Å²) in [5.74, 6) is -0.643. The van der Waals surface area contributed by atoms with Gasteiger partial charge in [-0.25, -0.2) is 8.42 Å². The van der Waals surface area contributed by atoms with E-state index in [4.69, 9.17) is 0 Å². The molecule has 0 aliphatic carbocycles. The molecule has 0 bridgehead atoms. The predicted octanol–water partition coefficient (Wildman–Crippen LogP) is 4.10. The molecule has 0 fully saturated rings. The number of rotatable bonds is 12. The summed E-state index contributed by atoms with van der Waals surface area (Å²) in [6.45, 7) is 9.91. The molecule has 2 rings (SSSR count). The van der Waals surface area contributed by atoms with Crippen molar-refractivity contribution < 1.29 is 18.0 Å². The van der Waals surface area contributed by atoms with Gasteiger partial charge in [0.2, 0.25) is 21.8 Å². The van der Waals surface area contributed by atoms with Crippen molar-refractivity contribution in [2.75, 3.05) is 23.7 Å². The minimum absolute atomic E-state index is 0.211. The number of aryl methyl sites for hydroxylation is 3. The van der Waals surface area contributed by atoms with E-state index in [0.717, 1.165) is 45.7 Å². The highest BCUT2D eigenvalue weighted by molar-refractivity contribution is 7.92. The van der Waals surface area contributed by atoms with E-state index in [1.54, 1.807) is 0 Å². The highest BCUT2D eigenvalue weighted by atomic mass is 32.2. The molecule has 1 atom stereocenters. The maximum absolute atomic E-state index is 13.7. The van der Waals surface area contributed by atoms with Crippen molar-refractivity contribution in [3.63, 3.8) is 0 Å². The molecule has 0 spiro atoms. The molecule has 0 unspecified atom stereocenters. The van der Waals surface area contributed by atoms with Crippen LogP contribution in [-0.4, -0.2) is 50.5 Å². The Labute approximate surface area is 210 Å². The number of sulfonamides is 1. The van der Waals surface area contributed by atoms with E-state index in [1.165, 1.54) is 4.90 Å². The average molecular weight is 502 g/mol. The monoisotopic (exact) mass is 501 g/mol. The number of nitrogens with zero attached hydrogens (tertiary/aromatic N) is 2. The molecular formula is C27H39N3O4S. The van der Waals surface area contributed by atoms with E-state index in [9.17, 15) is 18.0 Å². The summed E-state index contributed by atoms with van der Waals surface area (Å²) < 4.78 is 26.8. The van der Waals surface area contributed by atoms with Gasteiger partial charge in [0.15, 0.2) is 0 Å². The molecule has 2 aromatic rings. The Morgan fingerprint density at radius 3 is 2.09 bits per heavy atom. The number of benzene rings is 2. The highest BCUT2D eigenvalue weighted by Gasteiger charge is 2.32. The van der Waals surface area contributed by atoms with Crippen LogP contribution in [0.25, 0.3) is 0 Å². The molecule has 0 radical (unpaired) electrons. The zero-order valence-corrected chi connectivity index (χ0v) is 22.6. The van der Waals surface area contributed by atoms with Crippen LogP contribution < -0.4 is 9.62 Å². The topological polar surface area (TPSA) is 86.8 Å². The minimum Gasteiger partial charge on any atom is -0.354 e. The third kappa shape index (κ3) is 7.82. The molecule has 0 aliphatic rings. The van der Waals surface area contributed by atoms with Gasteiger partial charge in [0.25, 0.3) is 0 Å². The Bertz CT molecular complexity index is 1090. The lowest BCUT2D eigenvalue weighted by Gasteiger charge is -2.33. The van der Waals surface area contributed by atoms with Crippen LogP contribution in [0.5, 0.6) is 0 Å². The van der Waals surface area contributed by atoms with Crippen molar-refractivity contribution in [3.05, 3.63) is 64.7 Å². The number of nitrogens with one attached hydrogen (secondary N) is 1. The first kappa shape index (κ1) is 28.4. The van der Waals surface area contributed by atoms with E-state index in [0.29, 0.717) is 18.7 Å². The summed E-state index contributed by atoms with van der Waals surface area (Å²) in [5.41, 5.74) is 3.99. The van der Waals surface area contributed by atoms with Crippen LogP contribution in [-0.2, 0) is 26.2 Å². The first-order chi connectivity index (χ1) is 16.5. The van der Waals surface area contributed by atoms with E-state index in [2.05, 4.69) is 5.32 Å². The summed E-state index contributed by atoms with van der Waals surface area (Å²) >= 11 is 0. The Hall–Kier alpha value is -2.87. The molecule has 35 heavy (non-hydrogen) atoms. The van der Waals surface area contributed by atoms with Crippen molar-refractivity contribution in [1.29, 1.82) is 0 Å². The van der Waals surface area contributed by atoms with Crippen molar-refractivity contribution in [3.8, 4) is 0 Å². The molecule has 0 saturated heterocycles. The summed E-state index contributed by atoms with van der Waals surface area (Å²) in [6, 6.07) is 12.6. The lowest BCUT2D eigenvalue weighted by molar-refractivity contribution is -0.140. The number of hydrogen-bond donors (Lipinski definition) is 1. The Kier molecular flexibility index (Phi) is 10.3. The number of para-hydroxylation sites is 1. The molecular weight excluding hydrogens is 462 g/mol. The molecule has 0 aliphatic heterocycles. The molecule has 0 aromatic heterocycles. The fourth-order valence-electron chi connectivity index (χ4n) is 4.09. The number of anilines is 1. The van der Waals surface area contributed by atoms with Gasteiger partial charge < -0.3 is 10.2 Å². The van der Waals surface area contributed by atoms with E-state index in [-0.39, 0.29) is 19.0 Å².